The van der Waals surface area contributed by atoms with Crippen LogP contribution in [-0.4, -0.2) is 84.2 Å². The first-order valence-electron chi connectivity index (χ1n) is 4.59. The molecule has 0 bridgehead atoms. The second kappa shape index (κ2) is 10.1. The van der Waals surface area contributed by atoms with E-state index in [4.69, 9.17) is 10.2 Å². The number of hydrogen-bond acceptors (Lipinski definition) is 4. The summed E-state index contributed by atoms with van der Waals surface area (Å²) in [6.45, 7) is 2.70. The molecule has 0 saturated carbocycles. The Morgan fingerprint density at radius 2 is 1.82 bits per heavy atom. The summed E-state index contributed by atoms with van der Waals surface area (Å²) in [5, 5.41) is 29.0. The summed E-state index contributed by atoms with van der Waals surface area (Å²) < 4.78 is 0. The molecule has 0 fully saturated rings. The number of carbonyl (C=O) groups is 2. The Hall–Kier alpha value is 0.120. The van der Waals surface area contributed by atoms with Gasteiger partial charge in [0.05, 0.1) is 13.0 Å². The van der Waals surface area contributed by atoms with Crippen molar-refractivity contribution < 1.29 is 24.9 Å². The van der Waals surface area contributed by atoms with Crippen LogP contribution in [0.25, 0.3) is 0 Å². The van der Waals surface area contributed by atoms with Gasteiger partial charge in [-0.3, -0.25) is 9.59 Å². The Labute approximate surface area is 131 Å². The smallest absolute Gasteiger partial charge is 0.305 e. The zero-order valence-corrected chi connectivity index (χ0v) is 11.8. The van der Waals surface area contributed by atoms with Gasteiger partial charge in [-0.05, 0) is 0 Å². The van der Waals surface area contributed by atoms with E-state index in [2.05, 4.69) is 5.32 Å². The van der Waals surface area contributed by atoms with Gasteiger partial charge in [0.15, 0.2) is 0 Å². The molecule has 0 aliphatic rings. The molecule has 0 unspecified atom stereocenters. The summed E-state index contributed by atoms with van der Waals surface area (Å²) in [7, 11) is 0. The molecule has 2 radical (unpaired) electrons. The van der Waals surface area contributed by atoms with Gasteiger partial charge >= 0.3 is 5.97 Å². The molecule has 0 aromatic heterocycles. The minimum Gasteiger partial charge on any atom is -0.481 e. The van der Waals surface area contributed by atoms with Crippen molar-refractivity contribution in [1.82, 2.24) is 5.32 Å². The second-order valence-corrected chi connectivity index (χ2v) is 3.98. The number of carbonyl (C=O) groups excluding carboxylic acids is 1. The summed E-state index contributed by atoms with van der Waals surface area (Å²) >= 11 is 0. The van der Waals surface area contributed by atoms with Crippen LogP contribution in [0.4, 0.5) is 0 Å². The third-order valence-corrected chi connectivity index (χ3v) is 2.03. The minimum absolute atomic E-state index is 0. The van der Waals surface area contributed by atoms with Gasteiger partial charge in [-0.1, -0.05) is 21.3 Å². The van der Waals surface area contributed by atoms with Crippen molar-refractivity contribution in [3.63, 3.8) is 0 Å². The van der Waals surface area contributed by atoms with Crippen LogP contribution >= 0.6 is 0 Å². The first-order valence-corrected chi connectivity index (χ1v) is 4.59. The van der Waals surface area contributed by atoms with Crippen LogP contribution < -0.4 is 5.32 Å². The third kappa shape index (κ3) is 8.79. The monoisotopic (exact) mass is 279 g/mol. The molecule has 1 amide bonds. The summed E-state index contributed by atoms with van der Waals surface area (Å²) in [5.41, 5.74) is -0.937. The zero-order valence-electron chi connectivity index (χ0n) is 9.56. The molecule has 0 spiro atoms. The largest absolute Gasteiger partial charge is 0.481 e. The normalized spacial score (nSPS) is 11.8. The Morgan fingerprint density at radius 1 is 1.35 bits per heavy atom. The van der Waals surface area contributed by atoms with E-state index in [0.717, 1.165) is 0 Å². The Bertz CT molecular complexity index is 245. The van der Waals surface area contributed by atoms with Crippen LogP contribution in [0, 0.1) is 5.41 Å². The van der Waals surface area contributed by atoms with Gasteiger partial charge in [-0.15, -0.1) is 0 Å². The maximum Gasteiger partial charge on any atom is 0.305 e. The zero-order chi connectivity index (χ0) is 12.1. The first-order chi connectivity index (χ1) is 6.81. The van der Waals surface area contributed by atoms with Crippen LogP contribution in [0.5, 0.6) is 0 Å². The fourth-order valence-electron chi connectivity index (χ4n) is 0.831. The van der Waals surface area contributed by atoms with E-state index in [-0.39, 0.29) is 64.7 Å². The molecule has 4 N–H and O–H groups in total. The van der Waals surface area contributed by atoms with Crippen molar-refractivity contribution in [2.24, 2.45) is 5.41 Å². The SMILES string of the molecule is C.CC(C)(CO)[C@@H](O)C(=O)[15NH][13CH2][13CH2][13C](=O)O.[Ca]. The number of rotatable bonds is 6. The van der Waals surface area contributed by atoms with Gasteiger partial charge in [0.2, 0.25) is 5.91 Å². The fraction of sp³-hybridized carbons (Fsp3) is 0.800. The average Bonchev–Trinajstić information content (AvgIpc) is 2.15. The molecule has 0 aliphatic heterocycles. The number of amides is 1. The van der Waals surface area contributed by atoms with Crippen molar-refractivity contribution in [1.29, 1.82) is 0 Å². The fourth-order valence-corrected chi connectivity index (χ4v) is 0.831. The molecule has 6 nitrogen and oxygen atoms in total. The molecule has 98 valence electrons. The maximum absolute atomic E-state index is 11.3. The minimum atomic E-state index is -1.35. The van der Waals surface area contributed by atoms with Crippen LogP contribution in [0.3, 0.4) is 0 Å². The number of aliphatic carboxylic acids is 1. The van der Waals surface area contributed by atoms with Gasteiger partial charge in [-0.25, -0.2) is 0 Å². The van der Waals surface area contributed by atoms with Gasteiger partial charge in [0, 0.05) is 49.7 Å². The molecular formula is C10H21CaNO5. The molecular weight excluding hydrogens is 258 g/mol. The van der Waals surface area contributed by atoms with E-state index in [0.29, 0.717) is 0 Å². The van der Waals surface area contributed by atoms with Crippen molar-refractivity contribution in [2.45, 2.75) is 33.8 Å². The Balaban J connectivity index is -0.000000980. The predicted molar refractivity (Wildman–Crippen MR) is 64.6 cm³/mol. The number of aliphatic hydroxyl groups excluding tert-OH is 2. The van der Waals surface area contributed by atoms with E-state index >= 15 is 0 Å². The summed E-state index contributed by atoms with van der Waals surface area (Å²) in [6, 6.07) is 0. The molecule has 0 aromatic rings. The molecule has 0 aromatic carbocycles. The number of aliphatic hydroxyl groups is 2. The van der Waals surface area contributed by atoms with Crippen molar-refractivity contribution >= 4 is 49.6 Å². The van der Waals surface area contributed by atoms with E-state index in [1.807, 2.05) is 0 Å². The topological polar surface area (TPSA) is 107 Å². The maximum atomic E-state index is 11.3. The molecule has 1 atom stereocenters. The van der Waals surface area contributed by atoms with Crippen molar-refractivity contribution in [3.8, 4) is 0 Å². The van der Waals surface area contributed by atoms with E-state index in [1.165, 1.54) is 13.8 Å². The van der Waals surface area contributed by atoms with Gasteiger partial charge < -0.3 is 20.6 Å². The van der Waals surface area contributed by atoms with Gasteiger partial charge in [0.1, 0.15) is 6.10 Å². The molecule has 0 aliphatic carbocycles. The Morgan fingerprint density at radius 3 is 2.18 bits per heavy atom. The molecule has 0 saturated heterocycles. The third-order valence-electron chi connectivity index (χ3n) is 2.03. The van der Waals surface area contributed by atoms with Crippen LogP contribution in [0.1, 0.15) is 27.7 Å². The van der Waals surface area contributed by atoms with E-state index in [9.17, 15) is 14.7 Å². The Kier molecular flexibility index (Phi) is 13.2. The van der Waals surface area contributed by atoms with Gasteiger partial charge in [0.25, 0.3) is 0 Å². The molecule has 0 heterocycles. The standard InChI is InChI=1S/C9H17NO5.CH4.Ca/c1-9(2,5-11)7(14)8(15)10-4-3-6(12)13;;/h7,11,14H,3-5H2,1-2H3,(H,10,15)(H,12,13);1H4;/t7-;;/m0../s1/i3+1,4+1,6+1,10+1;;. The number of carboxylic acid groups (broad SMARTS) is 1. The summed E-state index contributed by atoms with van der Waals surface area (Å²) in [5.74, 6) is -1.69. The number of hydrogen-bond donors (Lipinski definition) is 4. The van der Waals surface area contributed by atoms with Crippen LogP contribution in [0.15, 0.2) is 0 Å². The predicted octanol–water partition coefficient (Wildman–Crippen LogP) is -0.788. The molecule has 7 heteroatoms. The van der Waals surface area contributed by atoms with Crippen LogP contribution in [0.2, 0.25) is 0 Å². The number of nitrogens with one attached hydrogen (secondary N) is 1. The second-order valence-electron chi connectivity index (χ2n) is 3.98. The van der Waals surface area contributed by atoms with E-state index < -0.39 is 23.4 Å². The molecule has 0 rings (SSSR count). The average molecular weight is 279 g/mol. The molecule has 17 heavy (non-hydrogen) atoms. The van der Waals surface area contributed by atoms with E-state index in [1.54, 1.807) is 0 Å². The summed E-state index contributed by atoms with van der Waals surface area (Å²) in [4.78, 5) is 21.4. The first kappa shape index (κ1) is 22.3. The van der Waals surface area contributed by atoms with Gasteiger partial charge in [-0.2, -0.15) is 0 Å². The van der Waals surface area contributed by atoms with Crippen molar-refractivity contribution in [3.05, 3.63) is 0 Å². The van der Waals surface area contributed by atoms with Crippen LogP contribution in [-0.2, 0) is 9.59 Å². The summed E-state index contributed by atoms with van der Waals surface area (Å²) in [6.07, 6.45) is -1.55. The van der Waals surface area contributed by atoms with Crippen molar-refractivity contribution in [2.75, 3.05) is 13.2 Å². The number of carboxylic acids is 1. The quantitative estimate of drug-likeness (QED) is 0.290.